The average molecular weight is 179 g/mol. The maximum Gasteiger partial charge on any atom is 0.217 e. The standard InChI is InChI=1S/C8H9N3O2/c1-5-2-3-13-7(5)8-9-6(4-12)10-11-8/h2-3,12H,4H2,1H3,(H,9,10,11). The highest BCUT2D eigenvalue weighted by molar-refractivity contribution is 5.51. The topological polar surface area (TPSA) is 74.9 Å². The molecular weight excluding hydrogens is 170 g/mol. The Hall–Kier alpha value is -1.62. The lowest BCUT2D eigenvalue weighted by Crippen LogP contribution is -1.84. The highest BCUT2D eigenvalue weighted by Gasteiger charge is 2.10. The van der Waals surface area contributed by atoms with Gasteiger partial charge in [-0.1, -0.05) is 0 Å². The van der Waals surface area contributed by atoms with E-state index >= 15 is 0 Å². The number of aromatic amines is 1. The Balaban J connectivity index is 2.41. The van der Waals surface area contributed by atoms with Gasteiger partial charge in [0.25, 0.3) is 0 Å². The highest BCUT2D eigenvalue weighted by Crippen LogP contribution is 2.19. The third kappa shape index (κ3) is 1.33. The number of hydrogen-bond acceptors (Lipinski definition) is 4. The third-order valence-electron chi connectivity index (χ3n) is 1.75. The molecule has 0 aliphatic rings. The first-order valence-corrected chi connectivity index (χ1v) is 3.88. The van der Waals surface area contributed by atoms with Crippen LogP contribution in [0.25, 0.3) is 11.6 Å². The van der Waals surface area contributed by atoms with Crippen molar-refractivity contribution < 1.29 is 9.52 Å². The lowest BCUT2D eigenvalue weighted by molar-refractivity contribution is 0.272. The minimum atomic E-state index is -0.146. The van der Waals surface area contributed by atoms with Crippen LogP contribution in [0.15, 0.2) is 16.7 Å². The predicted molar refractivity (Wildman–Crippen MR) is 44.7 cm³/mol. The fourth-order valence-corrected chi connectivity index (χ4v) is 1.07. The number of rotatable bonds is 2. The molecule has 0 aliphatic carbocycles. The van der Waals surface area contributed by atoms with Crippen molar-refractivity contribution in [2.45, 2.75) is 13.5 Å². The Morgan fingerprint density at radius 3 is 3.00 bits per heavy atom. The summed E-state index contributed by atoms with van der Waals surface area (Å²) in [6.07, 6.45) is 1.58. The van der Waals surface area contributed by atoms with E-state index in [4.69, 9.17) is 9.52 Å². The minimum Gasteiger partial charge on any atom is -0.461 e. The molecule has 0 fully saturated rings. The summed E-state index contributed by atoms with van der Waals surface area (Å²) in [5.41, 5.74) is 0.975. The van der Waals surface area contributed by atoms with E-state index in [2.05, 4.69) is 15.2 Å². The number of nitrogens with zero attached hydrogens (tertiary/aromatic N) is 2. The van der Waals surface area contributed by atoms with Gasteiger partial charge < -0.3 is 9.52 Å². The molecule has 0 saturated carbocycles. The molecule has 0 amide bonds. The Morgan fingerprint density at radius 2 is 2.46 bits per heavy atom. The number of aromatic nitrogens is 3. The van der Waals surface area contributed by atoms with E-state index in [0.717, 1.165) is 5.56 Å². The summed E-state index contributed by atoms with van der Waals surface area (Å²) in [5, 5.41) is 15.3. The van der Waals surface area contributed by atoms with Gasteiger partial charge in [0, 0.05) is 0 Å². The summed E-state index contributed by atoms with van der Waals surface area (Å²) in [4.78, 5) is 4.02. The van der Waals surface area contributed by atoms with Gasteiger partial charge in [0.1, 0.15) is 6.61 Å². The molecule has 2 aromatic rings. The first-order chi connectivity index (χ1) is 6.31. The average Bonchev–Trinajstić information content (AvgIpc) is 2.71. The summed E-state index contributed by atoms with van der Waals surface area (Å²) in [5.74, 6) is 1.55. The normalized spacial score (nSPS) is 10.6. The van der Waals surface area contributed by atoms with Gasteiger partial charge in [-0.05, 0) is 18.6 Å². The van der Waals surface area contributed by atoms with Crippen molar-refractivity contribution in [2.24, 2.45) is 0 Å². The number of nitrogens with one attached hydrogen (secondary N) is 1. The number of H-pyrrole nitrogens is 1. The largest absolute Gasteiger partial charge is 0.461 e. The molecule has 13 heavy (non-hydrogen) atoms. The van der Waals surface area contributed by atoms with Crippen molar-refractivity contribution in [3.05, 3.63) is 23.7 Å². The van der Waals surface area contributed by atoms with Crippen molar-refractivity contribution >= 4 is 0 Å². The first kappa shape index (κ1) is 8.00. The maximum atomic E-state index is 8.75. The van der Waals surface area contributed by atoms with E-state index in [1.165, 1.54) is 0 Å². The SMILES string of the molecule is Cc1ccoc1-c1n[nH]c(CO)n1. The Labute approximate surface area is 74.4 Å². The van der Waals surface area contributed by atoms with E-state index < -0.39 is 0 Å². The fourth-order valence-electron chi connectivity index (χ4n) is 1.07. The van der Waals surface area contributed by atoms with E-state index in [9.17, 15) is 0 Å². The van der Waals surface area contributed by atoms with E-state index in [0.29, 0.717) is 17.4 Å². The Bertz CT molecular complexity index is 405. The van der Waals surface area contributed by atoms with Crippen molar-refractivity contribution in [1.82, 2.24) is 15.2 Å². The summed E-state index contributed by atoms with van der Waals surface area (Å²) >= 11 is 0. The van der Waals surface area contributed by atoms with Crippen LogP contribution in [0.1, 0.15) is 11.4 Å². The van der Waals surface area contributed by atoms with Gasteiger partial charge in [0.2, 0.25) is 5.82 Å². The van der Waals surface area contributed by atoms with E-state index in [1.807, 2.05) is 13.0 Å². The van der Waals surface area contributed by atoms with Crippen LogP contribution < -0.4 is 0 Å². The summed E-state index contributed by atoms with van der Waals surface area (Å²) in [6, 6.07) is 1.84. The molecule has 0 bridgehead atoms. The molecule has 0 saturated heterocycles. The van der Waals surface area contributed by atoms with Crippen LogP contribution in [0.2, 0.25) is 0 Å². The molecule has 0 radical (unpaired) electrons. The number of furan rings is 1. The molecule has 0 spiro atoms. The van der Waals surface area contributed by atoms with Gasteiger partial charge in [-0.3, -0.25) is 5.10 Å². The van der Waals surface area contributed by atoms with Gasteiger partial charge >= 0.3 is 0 Å². The van der Waals surface area contributed by atoms with Gasteiger partial charge in [0.15, 0.2) is 11.6 Å². The molecule has 5 nitrogen and oxygen atoms in total. The number of hydrogen-bond donors (Lipinski definition) is 2. The molecule has 2 N–H and O–H groups in total. The second kappa shape index (κ2) is 3.02. The molecule has 0 unspecified atom stereocenters. The lowest BCUT2D eigenvalue weighted by atomic mass is 10.3. The van der Waals surface area contributed by atoms with Crippen LogP contribution in [0.3, 0.4) is 0 Å². The summed E-state index contributed by atoms with van der Waals surface area (Å²) < 4.78 is 5.18. The van der Waals surface area contributed by atoms with Gasteiger partial charge in [-0.2, -0.15) is 0 Å². The van der Waals surface area contributed by atoms with Gasteiger partial charge in [-0.25, -0.2) is 4.98 Å². The number of aliphatic hydroxyl groups excluding tert-OH is 1. The van der Waals surface area contributed by atoms with Crippen LogP contribution in [0, 0.1) is 6.92 Å². The molecule has 0 aliphatic heterocycles. The van der Waals surface area contributed by atoms with Crippen LogP contribution in [0.5, 0.6) is 0 Å². The van der Waals surface area contributed by atoms with Crippen molar-refractivity contribution in [1.29, 1.82) is 0 Å². The first-order valence-electron chi connectivity index (χ1n) is 3.88. The zero-order chi connectivity index (χ0) is 9.26. The Kier molecular flexibility index (Phi) is 1.86. The second-order valence-corrected chi connectivity index (χ2v) is 2.70. The second-order valence-electron chi connectivity index (χ2n) is 2.70. The fraction of sp³-hybridized carbons (Fsp3) is 0.250. The van der Waals surface area contributed by atoms with Gasteiger partial charge in [0.05, 0.1) is 6.26 Å². The lowest BCUT2D eigenvalue weighted by Gasteiger charge is -1.88. The molecule has 2 rings (SSSR count). The zero-order valence-corrected chi connectivity index (χ0v) is 7.11. The molecule has 0 aromatic carbocycles. The van der Waals surface area contributed by atoms with Gasteiger partial charge in [-0.15, -0.1) is 5.10 Å². The minimum absolute atomic E-state index is 0.146. The zero-order valence-electron chi connectivity index (χ0n) is 7.11. The molecule has 2 heterocycles. The quantitative estimate of drug-likeness (QED) is 0.717. The third-order valence-corrected chi connectivity index (χ3v) is 1.75. The smallest absolute Gasteiger partial charge is 0.217 e. The molecule has 2 aromatic heterocycles. The summed E-state index contributed by atoms with van der Waals surface area (Å²) in [7, 11) is 0. The van der Waals surface area contributed by atoms with Crippen molar-refractivity contribution in [3.8, 4) is 11.6 Å². The molecular formula is C8H9N3O2. The molecule has 0 atom stereocenters. The van der Waals surface area contributed by atoms with Crippen molar-refractivity contribution in [2.75, 3.05) is 0 Å². The van der Waals surface area contributed by atoms with Crippen molar-refractivity contribution in [3.63, 3.8) is 0 Å². The summed E-state index contributed by atoms with van der Waals surface area (Å²) in [6.45, 7) is 1.76. The van der Waals surface area contributed by atoms with Crippen LogP contribution >= 0.6 is 0 Å². The van der Waals surface area contributed by atoms with Crippen LogP contribution in [-0.2, 0) is 6.61 Å². The Morgan fingerprint density at radius 1 is 1.62 bits per heavy atom. The number of aryl methyl sites for hydroxylation is 1. The maximum absolute atomic E-state index is 8.75. The highest BCUT2D eigenvalue weighted by atomic mass is 16.3. The van der Waals surface area contributed by atoms with E-state index in [1.54, 1.807) is 6.26 Å². The predicted octanol–water partition coefficient (Wildman–Crippen LogP) is 0.865. The number of aliphatic hydroxyl groups is 1. The van der Waals surface area contributed by atoms with Crippen LogP contribution in [-0.4, -0.2) is 20.3 Å². The van der Waals surface area contributed by atoms with Crippen LogP contribution in [0.4, 0.5) is 0 Å². The molecule has 5 heteroatoms. The monoisotopic (exact) mass is 179 g/mol. The molecule has 68 valence electrons. The van der Waals surface area contributed by atoms with E-state index in [-0.39, 0.29) is 6.61 Å².